The molecule has 8 N–H and O–H groups in total. The average Bonchev–Trinajstić information content (AvgIpc) is 2.72. The van der Waals surface area contributed by atoms with E-state index in [9.17, 15) is 15.0 Å². The number of nitrogen functional groups attached to an aromatic ring is 1. The van der Waals surface area contributed by atoms with Gasteiger partial charge in [0, 0.05) is 11.3 Å². The molecule has 2 aromatic carbocycles. The molecule has 0 aliphatic rings. The zero-order valence-corrected chi connectivity index (χ0v) is 18.1. The molecule has 6 nitrogen and oxygen atoms in total. The van der Waals surface area contributed by atoms with Crippen molar-refractivity contribution in [3.63, 3.8) is 0 Å². The van der Waals surface area contributed by atoms with Crippen LogP contribution in [0.1, 0.15) is 67.4 Å². The Morgan fingerprint density at radius 1 is 1.03 bits per heavy atom. The summed E-state index contributed by atoms with van der Waals surface area (Å²) in [5, 5.41) is 21.2. The van der Waals surface area contributed by atoms with Crippen molar-refractivity contribution >= 4 is 11.5 Å². The van der Waals surface area contributed by atoms with Crippen LogP contribution in [-0.4, -0.2) is 28.6 Å². The maximum atomic E-state index is 13.1. The fraction of sp³-hybridized carbons (Fsp3) is 0.458. The van der Waals surface area contributed by atoms with Gasteiger partial charge in [0.2, 0.25) is 0 Å². The Labute approximate surface area is 179 Å². The van der Waals surface area contributed by atoms with E-state index in [1.807, 2.05) is 26.0 Å². The van der Waals surface area contributed by atoms with Crippen molar-refractivity contribution in [2.75, 3.05) is 12.3 Å². The Hall–Kier alpha value is -2.57. The minimum atomic E-state index is -0.745. The lowest BCUT2D eigenvalue weighted by atomic mass is 9.89. The topological polar surface area (TPSA) is 136 Å². The monoisotopic (exact) mass is 413 g/mol. The predicted octanol–water partition coefficient (Wildman–Crippen LogP) is 3.89. The van der Waals surface area contributed by atoms with Crippen LogP contribution < -0.4 is 17.2 Å². The number of carbonyl (C=O) groups is 1. The van der Waals surface area contributed by atoms with Gasteiger partial charge in [-0.25, -0.2) is 0 Å². The highest BCUT2D eigenvalue weighted by molar-refractivity contribution is 6.08. The summed E-state index contributed by atoms with van der Waals surface area (Å²) in [5.74, 6) is -0.281. The van der Waals surface area contributed by atoms with E-state index in [0.29, 0.717) is 30.6 Å². The number of anilines is 1. The molecule has 0 radical (unpaired) electrons. The minimum absolute atomic E-state index is 0.0984. The fourth-order valence-electron chi connectivity index (χ4n) is 3.74. The van der Waals surface area contributed by atoms with Crippen molar-refractivity contribution in [2.24, 2.45) is 11.5 Å². The van der Waals surface area contributed by atoms with Crippen molar-refractivity contribution in [3.8, 4) is 22.6 Å². The molecule has 0 saturated heterocycles. The smallest absolute Gasteiger partial charge is 0.185 e. The maximum Gasteiger partial charge on any atom is 0.185 e. The lowest BCUT2D eigenvalue weighted by Gasteiger charge is -2.19. The molecule has 0 saturated carbocycles. The summed E-state index contributed by atoms with van der Waals surface area (Å²) in [6.07, 6.45) is 5.15. The van der Waals surface area contributed by atoms with Gasteiger partial charge in [0.1, 0.15) is 11.5 Å². The van der Waals surface area contributed by atoms with Gasteiger partial charge in [-0.05, 0) is 67.1 Å². The summed E-state index contributed by atoms with van der Waals surface area (Å²) in [7, 11) is 0. The highest BCUT2D eigenvalue weighted by Crippen LogP contribution is 2.40. The second-order valence-electron chi connectivity index (χ2n) is 7.82. The summed E-state index contributed by atoms with van der Waals surface area (Å²) in [6, 6.07) is 6.31. The zero-order valence-electron chi connectivity index (χ0n) is 18.1. The summed E-state index contributed by atoms with van der Waals surface area (Å²) in [4.78, 5) is 13.1. The van der Waals surface area contributed by atoms with E-state index in [0.717, 1.165) is 48.8 Å². The number of aromatic hydroxyl groups is 2. The summed E-state index contributed by atoms with van der Waals surface area (Å²) >= 11 is 0. The first kappa shape index (κ1) is 23.7. The second kappa shape index (κ2) is 11.0. The number of carbonyl (C=O) groups excluding carboxylic acids is 1. The van der Waals surface area contributed by atoms with E-state index in [-0.39, 0.29) is 22.8 Å². The van der Waals surface area contributed by atoms with Crippen molar-refractivity contribution in [3.05, 3.63) is 41.0 Å². The second-order valence-corrected chi connectivity index (χ2v) is 7.82. The number of phenolic OH excluding ortho intramolecular Hbond substituents is 2. The van der Waals surface area contributed by atoms with Crippen molar-refractivity contribution in [2.45, 2.75) is 64.8 Å². The van der Waals surface area contributed by atoms with Crippen molar-refractivity contribution in [1.29, 1.82) is 0 Å². The van der Waals surface area contributed by atoms with Crippen LogP contribution in [0.25, 0.3) is 11.1 Å². The van der Waals surface area contributed by atoms with Crippen LogP contribution in [0.15, 0.2) is 24.3 Å². The van der Waals surface area contributed by atoms with E-state index in [2.05, 4.69) is 0 Å². The number of benzene rings is 2. The number of aryl methyl sites for hydroxylation is 2. The summed E-state index contributed by atoms with van der Waals surface area (Å²) in [6.45, 7) is 4.62. The molecule has 0 unspecified atom stereocenters. The van der Waals surface area contributed by atoms with Gasteiger partial charge in [-0.3, -0.25) is 4.79 Å². The Kier molecular flexibility index (Phi) is 8.69. The third-order valence-electron chi connectivity index (χ3n) is 5.41. The van der Waals surface area contributed by atoms with Crippen LogP contribution in [0.5, 0.6) is 11.5 Å². The molecule has 0 fully saturated rings. The number of nitrogens with two attached hydrogens (primary N) is 3. The summed E-state index contributed by atoms with van der Waals surface area (Å²) in [5.41, 5.74) is 21.2. The molecule has 0 aliphatic heterocycles. The number of rotatable bonds is 11. The highest BCUT2D eigenvalue weighted by Gasteiger charge is 2.26. The largest absolute Gasteiger partial charge is 0.508 e. The third kappa shape index (κ3) is 5.32. The Morgan fingerprint density at radius 2 is 1.70 bits per heavy atom. The lowest BCUT2D eigenvalue weighted by molar-refractivity contribution is 0.0954. The molecule has 2 rings (SSSR count). The van der Waals surface area contributed by atoms with E-state index < -0.39 is 6.04 Å². The van der Waals surface area contributed by atoms with E-state index in [1.54, 1.807) is 12.1 Å². The SMILES string of the molecule is CCCc1cc(-c2cc(CCC)c(N)c(C(=O)[C@@H](N)CCCCN)c2O)ccc1O. The zero-order chi connectivity index (χ0) is 22.3. The molecule has 30 heavy (non-hydrogen) atoms. The van der Waals surface area contributed by atoms with E-state index in [1.165, 1.54) is 0 Å². The molecule has 0 amide bonds. The van der Waals surface area contributed by atoms with Gasteiger partial charge in [-0.1, -0.05) is 39.2 Å². The Morgan fingerprint density at radius 3 is 2.33 bits per heavy atom. The van der Waals surface area contributed by atoms with Gasteiger partial charge in [0.25, 0.3) is 0 Å². The molecular weight excluding hydrogens is 378 g/mol. The first-order chi connectivity index (χ1) is 14.3. The minimum Gasteiger partial charge on any atom is -0.508 e. The number of phenols is 2. The van der Waals surface area contributed by atoms with Crippen molar-refractivity contribution in [1.82, 2.24) is 0 Å². The maximum absolute atomic E-state index is 13.1. The Bertz CT molecular complexity index is 880. The molecule has 164 valence electrons. The number of Topliss-reactive ketones (excluding diaryl/α,β-unsaturated/α-hetero) is 1. The molecule has 0 aliphatic carbocycles. The molecule has 1 atom stereocenters. The predicted molar refractivity (Wildman–Crippen MR) is 123 cm³/mol. The third-order valence-corrected chi connectivity index (χ3v) is 5.41. The molecule has 6 heteroatoms. The molecule has 0 spiro atoms. The number of unbranched alkanes of at least 4 members (excludes halogenated alkanes) is 1. The van der Waals surface area contributed by atoms with Crippen LogP contribution in [0.4, 0.5) is 5.69 Å². The van der Waals surface area contributed by atoms with Gasteiger partial charge in [0.15, 0.2) is 5.78 Å². The van der Waals surface area contributed by atoms with Gasteiger partial charge in [-0.15, -0.1) is 0 Å². The first-order valence-electron chi connectivity index (χ1n) is 10.8. The normalized spacial score (nSPS) is 12.1. The van der Waals surface area contributed by atoms with Crippen molar-refractivity contribution < 1.29 is 15.0 Å². The van der Waals surface area contributed by atoms with Crippen LogP contribution in [-0.2, 0) is 12.8 Å². The standard InChI is InChI=1S/C24H35N3O3/c1-3-7-16-13-15(10-11-20(16)28)18-14-17(8-4-2)22(27)21(23(18)29)24(30)19(26)9-5-6-12-25/h10-11,13-14,19,28-29H,3-9,12,25-27H2,1-2H3/t19-/m0/s1. The van der Waals surface area contributed by atoms with Crippen LogP contribution in [0.2, 0.25) is 0 Å². The quantitative estimate of drug-likeness (QED) is 0.215. The molecule has 0 heterocycles. The first-order valence-corrected chi connectivity index (χ1v) is 10.8. The number of ketones is 1. The van der Waals surface area contributed by atoms with Gasteiger partial charge in [-0.2, -0.15) is 0 Å². The molecule has 0 aromatic heterocycles. The van der Waals surface area contributed by atoms with Crippen LogP contribution >= 0.6 is 0 Å². The average molecular weight is 414 g/mol. The lowest BCUT2D eigenvalue weighted by Crippen LogP contribution is -2.31. The molecular formula is C24H35N3O3. The fourth-order valence-corrected chi connectivity index (χ4v) is 3.74. The Balaban J connectivity index is 2.57. The number of hydrogen-bond donors (Lipinski definition) is 5. The van der Waals surface area contributed by atoms with Crippen LogP contribution in [0, 0.1) is 0 Å². The van der Waals surface area contributed by atoms with E-state index >= 15 is 0 Å². The van der Waals surface area contributed by atoms with Crippen LogP contribution in [0.3, 0.4) is 0 Å². The van der Waals surface area contributed by atoms with Gasteiger partial charge < -0.3 is 27.4 Å². The number of hydrogen-bond acceptors (Lipinski definition) is 6. The summed E-state index contributed by atoms with van der Waals surface area (Å²) < 4.78 is 0. The van der Waals surface area contributed by atoms with E-state index in [4.69, 9.17) is 17.2 Å². The van der Waals surface area contributed by atoms with Gasteiger partial charge in [0.05, 0.1) is 11.6 Å². The highest BCUT2D eigenvalue weighted by atomic mass is 16.3. The molecule has 0 bridgehead atoms. The van der Waals surface area contributed by atoms with Gasteiger partial charge >= 0.3 is 0 Å². The molecule has 2 aromatic rings.